The quantitative estimate of drug-likeness (QED) is 0.847. The molecule has 27 heavy (non-hydrogen) atoms. The van der Waals surface area contributed by atoms with E-state index in [-0.39, 0.29) is 11.3 Å². The highest BCUT2D eigenvalue weighted by atomic mass is 35.5. The summed E-state index contributed by atoms with van der Waals surface area (Å²) in [4.78, 5) is 16.9. The maximum Gasteiger partial charge on any atom is 0.241 e. The molecule has 4 nitrogen and oxygen atoms in total. The zero-order valence-corrected chi connectivity index (χ0v) is 17.1. The number of carbonyl (C=O) groups is 1. The minimum Gasteiger partial charge on any atom is -0.376 e. The highest BCUT2D eigenvalue weighted by Gasteiger charge is 2.22. The fourth-order valence-corrected chi connectivity index (χ4v) is 3.65. The molecule has 0 aliphatic carbocycles. The Morgan fingerprint density at radius 1 is 1.04 bits per heavy atom. The van der Waals surface area contributed by atoms with Crippen LogP contribution >= 0.6 is 11.6 Å². The summed E-state index contributed by atoms with van der Waals surface area (Å²) in [5.74, 6) is 0.143. The van der Waals surface area contributed by atoms with Gasteiger partial charge in [-0.25, -0.2) is 0 Å². The molecule has 5 heteroatoms. The average Bonchev–Trinajstić information content (AvgIpc) is 2.66. The minimum atomic E-state index is 0.0369. The van der Waals surface area contributed by atoms with Crippen molar-refractivity contribution >= 4 is 28.9 Å². The van der Waals surface area contributed by atoms with Crippen LogP contribution in [0.4, 0.5) is 11.4 Å². The summed E-state index contributed by atoms with van der Waals surface area (Å²) in [7, 11) is 0. The van der Waals surface area contributed by atoms with Crippen molar-refractivity contribution in [3.63, 3.8) is 0 Å². The molecular weight excluding hydrogens is 358 g/mol. The van der Waals surface area contributed by atoms with Crippen LogP contribution in [0.2, 0.25) is 5.02 Å². The first-order valence-electron chi connectivity index (χ1n) is 9.46. The fourth-order valence-electron chi connectivity index (χ4n) is 3.46. The van der Waals surface area contributed by atoms with Crippen LogP contribution < -0.4 is 10.2 Å². The van der Waals surface area contributed by atoms with Crippen LogP contribution in [0, 0.1) is 0 Å². The van der Waals surface area contributed by atoms with Crippen molar-refractivity contribution in [2.45, 2.75) is 26.2 Å². The number of anilines is 2. The molecule has 144 valence electrons. The van der Waals surface area contributed by atoms with Gasteiger partial charge in [0.1, 0.15) is 0 Å². The predicted molar refractivity (Wildman–Crippen MR) is 114 cm³/mol. The molecule has 0 spiro atoms. The zero-order chi connectivity index (χ0) is 19.4. The molecule has 2 aromatic rings. The Bertz CT molecular complexity index is 792. The molecule has 1 amide bonds. The number of amides is 1. The molecule has 0 bridgehead atoms. The lowest BCUT2D eigenvalue weighted by molar-refractivity contribution is -0.129. The van der Waals surface area contributed by atoms with E-state index < -0.39 is 0 Å². The highest BCUT2D eigenvalue weighted by molar-refractivity contribution is 6.30. The molecule has 1 saturated heterocycles. The monoisotopic (exact) mass is 385 g/mol. The van der Waals surface area contributed by atoms with E-state index in [2.05, 4.69) is 43.1 Å². The third-order valence-electron chi connectivity index (χ3n) is 4.97. The molecule has 3 rings (SSSR count). The van der Waals surface area contributed by atoms with Gasteiger partial charge in [0.2, 0.25) is 5.91 Å². The summed E-state index contributed by atoms with van der Waals surface area (Å²) >= 11 is 6.09. The van der Waals surface area contributed by atoms with Crippen LogP contribution in [-0.2, 0) is 10.2 Å². The van der Waals surface area contributed by atoms with E-state index in [1.807, 2.05) is 41.3 Å². The van der Waals surface area contributed by atoms with Crippen LogP contribution in [0.5, 0.6) is 0 Å². The first kappa shape index (κ1) is 19.6. The topological polar surface area (TPSA) is 35.6 Å². The Morgan fingerprint density at radius 2 is 1.74 bits per heavy atom. The fraction of sp³-hybridized carbons (Fsp3) is 0.409. The van der Waals surface area contributed by atoms with Crippen LogP contribution in [0.3, 0.4) is 0 Å². The van der Waals surface area contributed by atoms with Crippen LogP contribution in [-0.4, -0.2) is 43.5 Å². The summed E-state index contributed by atoms with van der Waals surface area (Å²) in [5.41, 5.74) is 3.42. The minimum absolute atomic E-state index is 0.0369. The number of para-hydroxylation sites is 1. The molecule has 1 aliphatic rings. The number of hydrogen-bond donors (Lipinski definition) is 1. The maximum absolute atomic E-state index is 12.7. The van der Waals surface area contributed by atoms with Crippen LogP contribution in [0.25, 0.3) is 0 Å². The third-order valence-corrected chi connectivity index (χ3v) is 5.21. The smallest absolute Gasteiger partial charge is 0.241 e. The van der Waals surface area contributed by atoms with Crippen molar-refractivity contribution in [3.8, 4) is 0 Å². The van der Waals surface area contributed by atoms with Crippen molar-refractivity contribution in [1.29, 1.82) is 0 Å². The summed E-state index contributed by atoms with van der Waals surface area (Å²) < 4.78 is 0. The molecule has 1 fully saturated rings. The molecule has 1 aliphatic heterocycles. The summed E-state index contributed by atoms with van der Waals surface area (Å²) in [6.45, 7) is 9.99. The molecule has 1 N–H and O–H groups in total. The van der Waals surface area contributed by atoms with Gasteiger partial charge in [0.25, 0.3) is 0 Å². The second-order valence-corrected chi connectivity index (χ2v) is 8.43. The van der Waals surface area contributed by atoms with Gasteiger partial charge < -0.3 is 15.1 Å². The Balaban J connectivity index is 1.55. The Labute approximate surface area is 167 Å². The molecular formula is C22H28ClN3O. The van der Waals surface area contributed by atoms with E-state index >= 15 is 0 Å². The van der Waals surface area contributed by atoms with Gasteiger partial charge in [-0.05, 0) is 35.2 Å². The zero-order valence-electron chi connectivity index (χ0n) is 16.3. The van der Waals surface area contributed by atoms with E-state index in [1.165, 1.54) is 5.56 Å². The largest absolute Gasteiger partial charge is 0.376 e. The third kappa shape index (κ3) is 4.95. The van der Waals surface area contributed by atoms with Gasteiger partial charge in [-0.2, -0.15) is 0 Å². The molecule has 1 heterocycles. The normalized spacial score (nSPS) is 15.0. The van der Waals surface area contributed by atoms with Gasteiger partial charge in [-0.3, -0.25) is 4.79 Å². The first-order chi connectivity index (χ1) is 12.8. The Hall–Kier alpha value is -2.20. The second kappa shape index (κ2) is 8.22. The number of nitrogens with one attached hydrogen (secondary N) is 1. The number of rotatable bonds is 4. The number of hydrogen-bond acceptors (Lipinski definition) is 3. The van der Waals surface area contributed by atoms with Gasteiger partial charge in [-0.1, -0.05) is 56.6 Å². The van der Waals surface area contributed by atoms with Crippen LogP contribution in [0.15, 0.2) is 48.5 Å². The molecule has 2 aromatic carbocycles. The van der Waals surface area contributed by atoms with Crippen molar-refractivity contribution < 1.29 is 4.79 Å². The van der Waals surface area contributed by atoms with E-state index in [0.717, 1.165) is 42.6 Å². The lowest BCUT2D eigenvalue weighted by Gasteiger charge is -2.36. The van der Waals surface area contributed by atoms with Crippen molar-refractivity contribution in [3.05, 3.63) is 59.1 Å². The van der Waals surface area contributed by atoms with Gasteiger partial charge in [0.05, 0.1) is 6.54 Å². The molecule has 0 aromatic heterocycles. The maximum atomic E-state index is 12.7. The first-order valence-corrected chi connectivity index (χ1v) is 9.84. The van der Waals surface area contributed by atoms with E-state index in [1.54, 1.807) is 0 Å². The average molecular weight is 386 g/mol. The van der Waals surface area contributed by atoms with Gasteiger partial charge in [0.15, 0.2) is 0 Å². The Kier molecular flexibility index (Phi) is 5.95. The number of piperazine rings is 1. The van der Waals surface area contributed by atoms with Crippen molar-refractivity contribution in [2.24, 2.45) is 0 Å². The number of halogens is 1. The highest BCUT2D eigenvalue weighted by Crippen LogP contribution is 2.29. The van der Waals surface area contributed by atoms with Gasteiger partial charge >= 0.3 is 0 Å². The van der Waals surface area contributed by atoms with Crippen molar-refractivity contribution in [1.82, 2.24) is 4.90 Å². The van der Waals surface area contributed by atoms with E-state index in [0.29, 0.717) is 6.54 Å². The Morgan fingerprint density at radius 3 is 2.41 bits per heavy atom. The summed E-state index contributed by atoms with van der Waals surface area (Å²) in [6, 6.07) is 16.1. The lowest BCUT2D eigenvalue weighted by atomic mass is 9.86. The van der Waals surface area contributed by atoms with Crippen molar-refractivity contribution in [2.75, 3.05) is 42.9 Å². The van der Waals surface area contributed by atoms with Gasteiger partial charge in [-0.15, -0.1) is 0 Å². The van der Waals surface area contributed by atoms with E-state index in [9.17, 15) is 4.79 Å². The van der Waals surface area contributed by atoms with E-state index in [4.69, 9.17) is 11.6 Å². The predicted octanol–water partition coefficient (Wildman–Crippen LogP) is 4.40. The number of carbonyl (C=O) groups excluding carboxylic acids is 1. The molecule has 0 saturated carbocycles. The van der Waals surface area contributed by atoms with Gasteiger partial charge in [0, 0.05) is 42.6 Å². The lowest BCUT2D eigenvalue weighted by Crippen LogP contribution is -2.50. The standard InChI is InChI=1S/C22H28ClN3O/c1-22(2,3)19-9-4-5-10-20(19)24-16-21(27)26-13-11-25(12-14-26)18-8-6-7-17(23)15-18/h4-10,15,24H,11-14,16H2,1-3H3. The number of benzene rings is 2. The van der Waals surface area contributed by atoms with Crippen LogP contribution in [0.1, 0.15) is 26.3 Å². The second-order valence-electron chi connectivity index (χ2n) is 8.00. The molecule has 0 atom stereocenters. The SMILES string of the molecule is CC(C)(C)c1ccccc1NCC(=O)N1CCN(c2cccc(Cl)c2)CC1. The summed E-state index contributed by atoms with van der Waals surface area (Å²) in [5, 5.41) is 4.09. The molecule has 0 radical (unpaired) electrons. The number of nitrogens with zero attached hydrogens (tertiary/aromatic N) is 2. The molecule has 0 unspecified atom stereocenters. The summed E-state index contributed by atoms with van der Waals surface area (Å²) in [6.07, 6.45) is 0.